The summed E-state index contributed by atoms with van der Waals surface area (Å²) in [5.74, 6) is 5.92. The van der Waals surface area contributed by atoms with Gasteiger partial charge in [0.05, 0.1) is 20.3 Å². The molecule has 0 aliphatic heterocycles. The Labute approximate surface area is 123 Å². The van der Waals surface area contributed by atoms with Gasteiger partial charge in [-0.05, 0) is 23.8 Å². The van der Waals surface area contributed by atoms with Crippen molar-refractivity contribution in [2.75, 3.05) is 33.4 Å². The van der Waals surface area contributed by atoms with Crippen molar-refractivity contribution in [3.8, 4) is 17.6 Å². The second-order valence-electron chi connectivity index (χ2n) is 4.33. The standard InChI is InChI=1S/C15H19F2NO3/c1-21-14-5-4-12(3-2-7-19)13(9-14)10-18(6-8-20)11-15(16)17/h4-5,9,15,19-20H,6-8,10-11H2,1H3. The van der Waals surface area contributed by atoms with Crippen LogP contribution in [0, 0.1) is 11.8 Å². The maximum atomic E-state index is 12.6. The monoisotopic (exact) mass is 299 g/mol. The van der Waals surface area contributed by atoms with Crippen LogP contribution in [-0.2, 0) is 6.54 Å². The fourth-order valence-electron chi connectivity index (χ4n) is 1.90. The predicted molar refractivity (Wildman–Crippen MR) is 75.3 cm³/mol. The third-order valence-corrected chi connectivity index (χ3v) is 2.82. The molecule has 0 unspecified atom stereocenters. The van der Waals surface area contributed by atoms with Crippen LogP contribution >= 0.6 is 0 Å². The van der Waals surface area contributed by atoms with Crippen molar-refractivity contribution in [3.05, 3.63) is 29.3 Å². The largest absolute Gasteiger partial charge is 0.497 e. The molecule has 1 aromatic rings. The summed E-state index contributed by atoms with van der Waals surface area (Å²) < 4.78 is 30.2. The van der Waals surface area contributed by atoms with E-state index in [1.54, 1.807) is 18.2 Å². The number of aliphatic hydroxyl groups is 2. The highest BCUT2D eigenvalue weighted by molar-refractivity contribution is 5.45. The number of ether oxygens (including phenoxy) is 1. The first-order chi connectivity index (χ1) is 10.1. The number of hydrogen-bond acceptors (Lipinski definition) is 4. The van der Waals surface area contributed by atoms with Crippen molar-refractivity contribution in [2.45, 2.75) is 13.0 Å². The summed E-state index contributed by atoms with van der Waals surface area (Å²) in [6, 6.07) is 5.15. The van der Waals surface area contributed by atoms with Crippen LogP contribution in [0.4, 0.5) is 8.78 Å². The highest BCUT2D eigenvalue weighted by Gasteiger charge is 2.14. The van der Waals surface area contributed by atoms with E-state index in [1.807, 2.05) is 0 Å². The Morgan fingerprint density at radius 3 is 2.67 bits per heavy atom. The first-order valence-corrected chi connectivity index (χ1v) is 6.48. The van der Waals surface area contributed by atoms with Crippen molar-refractivity contribution in [1.82, 2.24) is 4.90 Å². The third kappa shape index (κ3) is 6.08. The van der Waals surface area contributed by atoms with E-state index in [0.717, 1.165) is 0 Å². The smallest absolute Gasteiger partial charge is 0.251 e. The number of hydrogen-bond donors (Lipinski definition) is 2. The zero-order valence-corrected chi connectivity index (χ0v) is 11.9. The van der Waals surface area contributed by atoms with Crippen LogP contribution in [0.2, 0.25) is 0 Å². The molecule has 21 heavy (non-hydrogen) atoms. The minimum atomic E-state index is -2.48. The summed E-state index contributed by atoms with van der Waals surface area (Å²) in [5.41, 5.74) is 1.35. The number of aliphatic hydroxyl groups excluding tert-OH is 2. The topological polar surface area (TPSA) is 52.9 Å². The summed E-state index contributed by atoms with van der Waals surface area (Å²) in [6.07, 6.45) is -2.48. The van der Waals surface area contributed by atoms with Crippen LogP contribution in [0.15, 0.2) is 18.2 Å². The van der Waals surface area contributed by atoms with Crippen molar-refractivity contribution in [1.29, 1.82) is 0 Å². The van der Waals surface area contributed by atoms with E-state index >= 15 is 0 Å². The minimum Gasteiger partial charge on any atom is -0.497 e. The van der Waals surface area contributed by atoms with Gasteiger partial charge in [0.15, 0.2) is 0 Å². The highest BCUT2D eigenvalue weighted by atomic mass is 19.3. The molecule has 2 N–H and O–H groups in total. The molecule has 4 nitrogen and oxygen atoms in total. The van der Waals surface area contributed by atoms with Gasteiger partial charge in [0, 0.05) is 18.7 Å². The van der Waals surface area contributed by atoms with Crippen molar-refractivity contribution >= 4 is 0 Å². The molecule has 6 heteroatoms. The maximum Gasteiger partial charge on any atom is 0.251 e. The summed E-state index contributed by atoms with van der Waals surface area (Å²) in [5, 5.41) is 17.7. The number of halogens is 2. The predicted octanol–water partition coefficient (Wildman–Crippen LogP) is 1.10. The van der Waals surface area contributed by atoms with E-state index in [1.165, 1.54) is 12.0 Å². The summed E-state index contributed by atoms with van der Waals surface area (Å²) in [6.45, 7) is -0.534. The molecule has 0 aliphatic carbocycles. The van der Waals surface area contributed by atoms with Crippen LogP contribution in [0.5, 0.6) is 5.75 Å². The van der Waals surface area contributed by atoms with E-state index in [-0.39, 0.29) is 26.3 Å². The lowest BCUT2D eigenvalue weighted by atomic mass is 10.1. The Morgan fingerprint density at radius 1 is 1.33 bits per heavy atom. The second-order valence-corrected chi connectivity index (χ2v) is 4.33. The molecular weight excluding hydrogens is 280 g/mol. The van der Waals surface area contributed by atoms with Gasteiger partial charge in [-0.3, -0.25) is 4.90 Å². The van der Waals surface area contributed by atoms with Crippen molar-refractivity contribution < 1.29 is 23.7 Å². The van der Waals surface area contributed by atoms with E-state index in [2.05, 4.69) is 11.8 Å². The lowest BCUT2D eigenvalue weighted by Crippen LogP contribution is -2.31. The van der Waals surface area contributed by atoms with Gasteiger partial charge in [-0.25, -0.2) is 8.78 Å². The van der Waals surface area contributed by atoms with Crippen molar-refractivity contribution in [3.63, 3.8) is 0 Å². The average Bonchev–Trinajstić information content (AvgIpc) is 2.45. The van der Waals surface area contributed by atoms with Crippen LogP contribution in [0.1, 0.15) is 11.1 Å². The first kappa shape index (κ1) is 17.4. The van der Waals surface area contributed by atoms with Gasteiger partial charge >= 0.3 is 0 Å². The highest BCUT2D eigenvalue weighted by Crippen LogP contribution is 2.19. The number of rotatable bonds is 7. The van der Waals surface area contributed by atoms with Gasteiger partial charge in [-0.1, -0.05) is 11.8 Å². The molecule has 0 saturated carbocycles. The lowest BCUT2D eigenvalue weighted by Gasteiger charge is -2.21. The Balaban J connectivity index is 3.00. The molecule has 0 bridgehead atoms. The Morgan fingerprint density at radius 2 is 2.10 bits per heavy atom. The van der Waals surface area contributed by atoms with Gasteiger partial charge in [-0.15, -0.1) is 0 Å². The summed E-state index contributed by atoms with van der Waals surface area (Å²) >= 11 is 0. The summed E-state index contributed by atoms with van der Waals surface area (Å²) in [7, 11) is 1.52. The Hall–Kier alpha value is -1.68. The van der Waals surface area contributed by atoms with E-state index in [9.17, 15) is 8.78 Å². The number of benzene rings is 1. The lowest BCUT2D eigenvalue weighted by molar-refractivity contribution is 0.0746. The van der Waals surface area contributed by atoms with Crippen LogP contribution < -0.4 is 4.74 Å². The Kier molecular flexibility index (Phi) is 7.69. The molecule has 0 heterocycles. The normalized spacial score (nSPS) is 10.6. The van der Waals surface area contributed by atoms with Gasteiger partial charge in [0.2, 0.25) is 0 Å². The number of alkyl halides is 2. The SMILES string of the molecule is COc1ccc(C#CCO)c(CN(CCO)CC(F)F)c1. The third-order valence-electron chi connectivity index (χ3n) is 2.82. The average molecular weight is 299 g/mol. The molecule has 0 spiro atoms. The van der Waals surface area contributed by atoms with E-state index < -0.39 is 13.0 Å². The molecule has 0 radical (unpaired) electrons. The molecule has 0 amide bonds. The molecule has 0 atom stereocenters. The molecular formula is C15H19F2NO3. The van der Waals surface area contributed by atoms with Crippen LogP contribution in [0.3, 0.4) is 0 Å². The van der Waals surface area contributed by atoms with Crippen LogP contribution in [0.25, 0.3) is 0 Å². The number of nitrogens with zero attached hydrogens (tertiary/aromatic N) is 1. The molecule has 0 aliphatic rings. The zero-order chi connectivity index (χ0) is 15.7. The van der Waals surface area contributed by atoms with Gasteiger partial charge in [0.25, 0.3) is 6.43 Å². The van der Waals surface area contributed by atoms with Gasteiger partial charge < -0.3 is 14.9 Å². The van der Waals surface area contributed by atoms with Gasteiger partial charge in [-0.2, -0.15) is 0 Å². The van der Waals surface area contributed by atoms with Gasteiger partial charge in [0.1, 0.15) is 12.4 Å². The number of methoxy groups -OCH3 is 1. The minimum absolute atomic E-state index is 0.147. The Bertz CT molecular complexity index is 497. The molecule has 0 saturated heterocycles. The quantitative estimate of drug-likeness (QED) is 0.740. The second kappa shape index (κ2) is 9.29. The summed E-state index contributed by atoms with van der Waals surface area (Å²) in [4.78, 5) is 1.45. The van der Waals surface area contributed by atoms with Crippen LogP contribution in [-0.4, -0.2) is 55.0 Å². The van der Waals surface area contributed by atoms with Crippen molar-refractivity contribution in [2.24, 2.45) is 0 Å². The first-order valence-electron chi connectivity index (χ1n) is 6.48. The maximum absolute atomic E-state index is 12.6. The van der Waals surface area contributed by atoms with E-state index in [4.69, 9.17) is 14.9 Å². The van der Waals surface area contributed by atoms with E-state index in [0.29, 0.717) is 16.9 Å². The zero-order valence-electron chi connectivity index (χ0n) is 11.9. The molecule has 0 fully saturated rings. The molecule has 1 rings (SSSR count). The fourth-order valence-corrected chi connectivity index (χ4v) is 1.90. The fraction of sp³-hybridized carbons (Fsp3) is 0.467. The molecule has 116 valence electrons. The molecule has 1 aromatic carbocycles. The molecule has 0 aromatic heterocycles.